The molecule has 0 radical (unpaired) electrons. The average Bonchev–Trinajstić information content (AvgIpc) is 2.70. The number of carbonyl (C=O) groups is 1. The molecule has 0 fully saturated rings. The molecular formula is C8H5BrN4OS. The summed E-state index contributed by atoms with van der Waals surface area (Å²) in [5.74, 6) is -0.219. The second kappa shape index (κ2) is 4.45. The van der Waals surface area contributed by atoms with E-state index in [1.54, 1.807) is 18.3 Å². The Hall–Kier alpha value is -1.34. The Morgan fingerprint density at radius 1 is 1.53 bits per heavy atom. The van der Waals surface area contributed by atoms with Crippen molar-refractivity contribution in [2.24, 2.45) is 0 Å². The Balaban J connectivity index is 2.13. The lowest BCUT2D eigenvalue weighted by Crippen LogP contribution is -2.10. The van der Waals surface area contributed by atoms with E-state index >= 15 is 0 Å². The van der Waals surface area contributed by atoms with Crippen LogP contribution in [0.3, 0.4) is 0 Å². The van der Waals surface area contributed by atoms with Gasteiger partial charge < -0.3 is 5.32 Å². The van der Waals surface area contributed by atoms with Crippen LogP contribution in [0.25, 0.3) is 0 Å². The fraction of sp³-hybridized carbons (Fsp3) is 0. The Bertz CT molecular complexity index is 473. The molecular weight excluding hydrogens is 280 g/mol. The van der Waals surface area contributed by atoms with Crippen molar-refractivity contribution in [3.63, 3.8) is 0 Å². The van der Waals surface area contributed by atoms with Crippen LogP contribution in [-0.4, -0.2) is 20.5 Å². The van der Waals surface area contributed by atoms with Gasteiger partial charge in [0.25, 0.3) is 5.91 Å². The normalized spacial score (nSPS) is 9.93. The summed E-state index contributed by atoms with van der Waals surface area (Å²) in [4.78, 5) is 16.0. The Kier molecular flexibility index (Phi) is 3.02. The van der Waals surface area contributed by atoms with Gasteiger partial charge in [-0.2, -0.15) is 0 Å². The molecule has 2 aromatic heterocycles. The largest absolute Gasteiger partial charge is 0.321 e. The summed E-state index contributed by atoms with van der Waals surface area (Å²) in [6.07, 6.45) is 3.03. The summed E-state index contributed by atoms with van der Waals surface area (Å²) in [7, 11) is 0. The lowest BCUT2D eigenvalue weighted by Gasteiger charge is -2.01. The van der Waals surface area contributed by atoms with Gasteiger partial charge >= 0.3 is 0 Å². The van der Waals surface area contributed by atoms with Crippen molar-refractivity contribution in [3.05, 3.63) is 34.0 Å². The van der Waals surface area contributed by atoms with Gasteiger partial charge in [0.05, 0.1) is 6.20 Å². The number of anilines is 1. The van der Waals surface area contributed by atoms with Crippen molar-refractivity contribution in [1.82, 2.24) is 14.6 Å². The maximum atomic E-state index is 11.6. The molecule has 0 aliphatic heterocycles. The third-order valence-electron chi connectivity index (χ3n) is 1.57. The summed E-state index contributed by atoms with van der Waals surface area (Å²) < 4.78 is 4.28. The summed E-state index contributed by atoms with van der Waals surface area (Å²) in [5.41, 5.74) is 0.676. The number of carbonyl (C=O) groups excluding carboxylic acids is 1. The standard InChI is InChI=1S/C8H5BrN4OS/c9-7-3-5(1-2-10-7)12-8(14)6-4-11-13-15-6/h1-4H,(H,10,12,14). The van der Waals surface area contributed by atoms with Crippen LogP contribution in [-0.2, 0) is 0 Å². The van der Waals surface area contributed by atoms with E-state index in [9.17, 15) is 4.79 Å². The molecule has 0 aliphatic carbocycles. The van der Waals surface area contributed by atoms with Gasteiger partial charge in [0.1, 0.15) is 9.48 Å². The molecule has 2 heterocycles. The zero-order chi connectivity index (χ0) is 10.7. The minimum atomic E-state index is -0.219. The van der Waals surface area contributed by atoms with Gasteiger partial charge in [-0.3, -0.25) is 4.79 Å². The highest BCUT2D eigenvalue weighted by Crippen LogP contribution is 2.14. The molecule has 1 amide bonds. The predicted octanol–water partition coefficient (Wildman–Crippen LogP) is 1.95. The highest BCUT2D eigenvalue weighted by atomic mass is 79.9. The Morgan fingerprint density at radius 2 is 2.40 bits per heavy atom. The van der Waals surface area contributed by atoms with Crippen molar-refractivity contribution in [3.8, 4) is 0 Å². The molecule has 2 aromatic rings. The maximum absolute atomic E-state index is 11.6. The number of amides is 1. The Labute approximate surface area is 97.8 Å². The zero-order valence-corrected chi connectivity index (χ0v) is 9.75. The van der Waals surface area contributed by atoms with Gasteiger partial charge in [0, 0.05) is 11.9 Å². The van der Waals surface area contributed by atoms with Crippen molar-refractivity contribution in [2.75, 3.05) is 5.32 Å². The van der Waals surface area contributed by atoms with E-state index < -0.39 is 0 Å². The molecule has 0 saturated carbocycles. The highest BCUT2D eigenvalue weighted by Gasteiger charge is 2.08. The van der Waals surface area contributed by atoms with E-state index in [1.807, 2.05) is 0 Å². The molecule has 0 aromatic carbocycles. The third-order valence-corrected chi connectivity index (χ3v) is 2.67. The molecule has 0 spiro atoms. The second-order valence-corrected chi connectivity index (χ2v) is 4.20. The van der Waals surface area contributed by atoms with Crippen molar-refractivity contribution in [2.45, 2.75) is 0 Å². The summed E-state index contributed by atoms with van der Waals surface area (Å²) >= 11 is 4.27. The van der Waals surface area contributed by atoms with E-state index in [0.717, 1.165) is 11.5 Å². The first-order chi connectivity index (χ1) is 7.25. The van der Waals surface area contributed by atoms with Gasteiger partial charge in [-0.15, -0.1) is 5.10 Å². The van der Waals surface area contributed by atoms with Crippen LogP contribution in [0.15, 0.2) is 29.1 Å². The number of pyridine rings is 1. The SMILES string of the molecule is O=C(Nc1ccnc(Br)c1)c1cnns1. The molecule has 76 valence electrons. The minimum Gasteiger partial charge on any atom is -0.321 e. The second-order valence-electron chi connectivity index (χ2n) is 2.60. The number of aromatic nitrogens is 3. The van der Waals surface area contributed by atoms with Crippen LogP contribution in [0.2, 0.25) is 0 Å². The smallest absolute Gasteiger partial charge is 0.269 e. The molecule has 0 unspecified atom stereocenters. The first-order valence-electron chi connectivity index (χ1n) is 3.96. The van der Waals surface area contributed by atoms with Crippen LogP contribution < -0.4 is 5.32 Å². The minimum absolute atomic E-state index is 0.219. The predicted molar refractivity (Wildman–Crippen MR) is 59.8 cm³/mol. The number of hydrogen-bond donors (Lipinski definition) is 1. The van der Waals surface area contributed by atoms with Crippen LogP contribution in [0.4, 0.5) is 5.69 Å². The topological polar surface area (TPSA) is 67.8 Å². The van der Waals surface area contributed by atoms with E-state index in [0.29, 0.717) is 15.2 Å². The summed E-state index contributed by atoms with van der Waals surface area (Å²) in [6, 6.07) is 3.42. The first kappa shape index (κ1) is 10.2. The van der Waals surface area contributed by atoms with Crippen LogP contribution in [0.1, 0.15) is 9.67 Å². The quantitative estimate of drug-likeness (QED) is 0.856. The van der Waals surface area contributed by atoms with E-state index in [1.165, 1.54) is 6.20 Å². The van der Waals surface area contributed by atoms with E-state index in [2.05, 4.69) is 35.8 Å². The van der Waals surface area contributed by atoms with Crippen molar-refractivity contribution >= 4 is 39.1 Å². The summed E-state index contributed by atoms with van der Waals surface area (Å²) in [6.45, 7) is 0. The lowest BCUT2D eigenvalue weighted by atomic mass is 10.4. The monoisotopic (exact) mass is 284 g/mol. The highest BCUT2D eigenvalue weighted by molar-refractivity contribution is 9.10. The van der Waals surface area contributed by atoms with Gasteiger partial charge in [-0.05, 0) is 39.6 Å². The number of hydrogen-bond acceptors (Lipinski definition) is 5. The molecule has 0 saturated heterocycles. The van der Waals surface area contributed by atoms with Crippen LogP contribution >= 0.6 is 27.5 Å². The molecule has 0 bridgehead atoms. The van der Waals surface area contributed by atoms with E-state index in [4.69, 9.17) is 0 Å². The first-order valence-corrected chi connectivity index (χ1v) is 5.52. The van der Waals surface area contributed by atoms with Crippen molar-refractivity contribution in [1.29, 1.82) is 0 Å². The van der Waals surface area contributed by atoms with Gasteiger partial charge in [-0.25, -0.2) is 4.98 Å². The molecule has 15 heavy (non-hydrogen) atoms. The Morgan fingerprint density at radius 3 is 3.07 bits per heavy atom. The summed E-state index contributed by atoms with van der Waals surface area (Å²) in [5, 5.41) is 6.30. The number of rotatable bonds is 2. The van der Waals surface area contributed by atoms with Crippen LogP contribution in [0, 0.1) is 0 Å². The zero-order valence-electron chi connectivity index (χ0n) is 7.35. The molecule has 7 heteroatoms. The number of halogens is 1. The molecule has 0 atom stereocenters. The fourth-order valence-electron chi connectivity index (χ4n) is 0.940. The van der Waals surface area contributed by atoms with Gasteiger partial charge in [0.2, 0.25) is 0 Å². The fourth-order valence-corrected chi connectivity index (χ4v) is 1.72. The molecule has 5 nitrogen and oxygen atoms in total. The average molecular weight is 285 g/mol. The van der Waals surface area contributed by atoms with Crippen LogP contribution in [0.5, 0.6) is 0 Å². The van der Waals surface area contributed by atoms with Crippen molar-refractivity contribution < 1.29 is 4.79 Å². The maximum Gasteiger partial charge on any atom is 0.269 e. The number of nitrogens with zero attached hydrogens (tertiary/aromatic N) is 3. The third kappa shape index (κ3) is 2.57. The lowest BCUT2D eigenvalue weighted by molar-refractivity contribution is 0.103. The molecule has 1 N–H and O–H groups in total. The molecule has 0 aliphatic rings. The molecule has 2 rings (SSSR count). The van der Waals surface area contributed by atoms with E-state index in [-0.39, 0.29) is 5.91 Å². The number of nitrogens with one attached hydrogen (secondary N) is 1. The van der Waals surface area contributed by atoms with Gasteiger partial charge in [0.15, 0.2) is 0 Å². The van der Waals surface area contributed by atoms with Gasteiger partial charge in [-0.1, -0.05) is 4.49 Å².